The fourth-order valence-electron chi connectivity index (χ4n) is 3.32. The van der Waals surface area contributed by atoms with E-state index in [9.17, 15) is 18.0 Å². The highest BCUT2D eigenvalue weighted by Crippen LogP contribution is 2.39. The van der Waals surface area contributed by atoms with E-state index in [1.807, 2.05) is 37.4 Å². The third-order valence-electron chi connectivity index (χ3n) is 4.59. The van der Waals surface area contributed by atoms with Crippen LogP contribution in [0.5, 0.6) is 0 Å². The number of para-hydroxylation sites is 1. The van der Waals surface area contributed by atoms with Crippen molar-refractivity contribution in [3.8, 4) is 0 Å². The van der Waals surface area contributed by atoms with E-state index in [1.165, 1.54) is 6.07 Å². The smallest absolute Gasteiger partial charge is 0.347 e. The van der Waals surface area contributed by atoms with E-state index in [0.29, 0.717) is 11.1 Å². The minimum absolute atomic E-state index is 0.190. The number of nitrogens with one attached hydrogen (secondary N) is 1. The summed E-state index contributed by atoms with van der Waals surface area (Å²) >= 11 is 0. The molecule has 1 amide bonds. The first kappa shape index (κ1) is 16.4. The Labute approximate surface area is 147 Å². The van der Waals surface area contributed by atoms with E-state index in [0.717, 1.165) is 35.1 Å². The third-order valence-corrected chi connectivity index (χ3v) is 4.59. The molecule has 0 radical (unpaired) electrons. The maximum atomic E-state index is 12.9. The number of fused-ring (bicyclic) bond motifs is 2. The molecular formula is C20H15F3N2O. The van der Waals surface area contributed by atoms with Crippen LogP contribution in [0.2, 0.25) is 0 Å². The Kier molecular flexibility index (Phi) is 3.64. The normalized spacial score (nSPS) is 15.5. The van der Waals surface area contributed by atoms with Crippen molar-refractivity contribution in [2.75, 3.05) is 5.32 Å². The van der Waals surface area contributed by atoms with Crippen LogP contribution in [0.25, 0.3) is 22.6 Å². The van der Waals surface area contributed by atoms with E-state index in [-0.39, 0.29) is 5.69 Å². The summed E-state index contributed by atoms with van der Waals surface area (Å²) in [5.41, 5.74) is 2.17. The van der Waals surface area contributed by atoms with Crippen molar-refractivity contribution in [1.82, 2.24) is 4.57 Å². The number of carbonyl (C=O) groups is 1. The van der Waals surface area contributed by atoms with Crippen molar-refractivity contribution in [2.45, 2.75) is 19.6 Å². The summed E-state index contributed by atoms with van der Waals surface area (Å²) in [6.07, 6.45) is -0.753. The largest absolute Gasteiger partial charge is 0.416 e. The fourth-order valence-corrected chi connectivity index (χ4v) is 3.32. The summed E-state index contributed by atoms with van der Waals surface area (Å²) in [6.45, 7) is 2.81. The Bertz CT molecular complexity index is 1060. The second-order valence-corrected chi connectivity index (χ2v) is 6.16. The summed E-state index contributed by atoms with van der Waals surface area (Å²) in [5.74, 6) is -0.396. The molecular weight excluding hydrogens is 341 g/mol. The van der Waals surface area contributed by atoms with Crippen molar-refractivity contribution in [2.24, 2.45) is 0 Å². The van der Waals surface area contributed by atoms with Crippen LogP contribution in [-0.4, -0.2) is 10.5 Å². The molecule has 3 nitrogen and oxygen atoms in total. The molecule has 6 heteroatoms. The highest BCUT2D eigenvalue weighted by molar-refractivity contribution is 6.35. The third kappa shape index (κ3) is 2.58. The van der Waals surface area contributed by atoms with Crippen molar-refractivity contribution in [3.63, 3.8) is 0 Å². The first-order chi connectivity index (χ1) is 12.4. The minimum atomic E-state index is -4.44. The van der Waals surface area contributed by atoms with Crippen molar-refractivity contribution in [1.29, 1.82) is 0 Å². The topological polar surface area (TPSA) is 34.0 Å². The van der Waals surface area contributed by atoms with Crippen LogP contribution < -0.4 is 5.32 Å². The van der Waals surface area contributed by atoms with E-state index >= 15 is 0 Å². The molecule has 0 saturated heterocycles. The molecule has 0 unspecified atom stereocenters. The van der Waals surface area contributed by atoms with E-state index in [4.69, 9.17) is 0 Å². The van der Waals surface area contributed by atoms with Gasteiger partial charge in [-0.3, -0.25) is 4.79 Å². The average molecular weight is 356 g/mol. The number of rotatable bonds is 2. The monoisotopic (exact) mass is 356 g/mol. The second-order valence-electron chi connectivity index (χ2n) is 6.16. The predicted molar refractivity (Wildman–Crippen MR) is 95.6 cm³/mol. The number of nitrogens with zero attached hydrogens (tertiary/aromatic N) is 1. The Hall–Kier alpha value is -3.02. The maximum Gasteiger partial charge on any atom is 0.416 e. The zero-order valence-corrected chi connectivity index (χ0v) is 13.9. The van der Waals surface area contributed by atoms with Crippen LogP contribution >= 0.6 is 0 Å². The Morgan fingerprint density at radius 1 is 1.15 bits per heavy atom. The van der Waals surface area contributed by atoms with Gasteiger partial charge >= 0.3 is 6.18 Å². The van der Waals surface area contributed by atoms with Crippen molar-refractivity contribution >= 4 is 34.1 Å². The number of benzene rings is 2. The number of halogens is 3. The lowest BCUT2D eigenvalue weighted by Crippen LogP contribution is -2.06. The SMILES string of the molecule is CCn1cc(/C=C2/C(=O)Nc3cc(C(F)(F)F)ccc32)c2ccccc21. The van der Waals surface area contributed by atoms with Gasteiger partial charge < -0.3 is 9.88 Å². The number of aryl methyl sites for hydroxylation is 1. The number of alkyl halides is 3. The minimum Gasteiger partial charge on any atom is -0.347 e. The Balaban J connectivity index is 1.85. The van der Waals surface area contributed by atoms with Gasteiger partial charge in [-0.05, 0) is 31.2 Å². The molecule has 0 bridgehead atoms. The quantitative estimate of drug-likeness (QED) is 0.631. The zero-order chi connectivity index (χ0) is 18.5. The molecule has 1 aromatic heterocycles. The number of anilines is 1. The van der Waals surface area contributed by atoms with E-state index < -0.39 is 17.6 Å². The molecule has 0 aliphatic carbocycles. The number of hydrogen-bond donors (Lipinski definition) is 1. The molecule has 4 rings (SSSR count). The summed E-state index contributed by atoms with van der Waals surface area (Å²) in [5, 5.41) is 3.53. The molecule has 2 aromatic carbocycles. The second kappa shape index (κ2) is 5.76. The lowest BCUT2D eigenvalue weighted by Gasteiger charge is -2.08. The highest BCUT2D eigenvalue weighted by Gasteiger charge is 2.33. The standard InChI is InChI=1S/C20H15F3N2O/c1-2-25-11-12(14-5-3-4-6-18(14)25)9-16-15-8-7-13(20(21,22)23)10-17(15)24-19(16)26/h3-11H,2H2,1H3,(H,24,26)/b16-9+. The molecule has 0 fully saturated rings. The molecule has 132 valence electrons. The molecule has 3 aromatic rings. The van der Waals surface area contributed by atoms with Crippen molar-refractivity contribution < 1.29 is 18.0 Å². The van der Waals surface area contributed by atoms with Gasteiger partial charge in [-0.25, -0.2) is 0 Å². The van der Waals surface area contributed by atoms with Crippen LogP contribution in [0.4, 0.5) is 18.9 Å². The summed E-state index contributed by atoms with van der Waals surface area (Å²) in [4.78, 5) is 12.3. The van der Waals surface area contributed by atoms with Gasteiger partial charge in [0.15, 0.2) is 0 Å². The molecule has 0 spiro atoms. The molecule has 1 aliphatic heterocycles. The number of aromatic nitrogens is 1. The molecule has 26 heavy (non-hydrogen) atoms. The average Bonchev–Trinajstić information content (AvgIpc) is 3.12. The summed E-state index contributed by atoms with van der Waals surface area (Å²) in [6, 6.07) is 11.2. The van der Waals surface area contributed by atoms with Crippen molar-refractivity contribution in [3.05, 3.63) is 65.4 Å². The van der Waals surface area contributed by atoms with Gasteiger partial charge in [0.1, 0.15) is 0 Å². The Morgan fingerprint density at radius 3 is 2.65 bits per heavy atom. The molecule has 1 N–H and O–H groups in total. The summed E-state index contributed by atoms with van der Waals surface area (Å²) in [7, 11) is 0. The van der Waals surface area contributed by atoms with Gasteiger partial charge in [0.25, 0.3) is 5.91 Å². The Morgan fingerprint density at radius 2 is 1.92 bits per heavy atom. The fraction of sp³-hybridized carbons (Fsp3) is 0.150. The number of carbonyl (C=O) groups excluding carboxylic acids is 1. The van der Waals surface area contributed by atoms with Crippen LogP contribution in [0, 0.1) is 0 Å². The summed E-state index contributed by atoms with van der Waals surface area (Å²) < 4.78 is 40.7. The predicted octanol–water partition coefficient (Wildman–Crippen LogP) is 5.17. The van der Waals surface area contributed by atoms with Gasteiger partial charge in [-0.2, -0.15) is 13.2 Å². The van der Waals surface area contributed by atoms with Crippen LogP contribution in [0.1, 0.15) is 23.6 Å². The molecule has 2 heterocycles. The first-order valence-electron chi connectivity index (χ1n) is 8.21. The van der Waals surface area contributed by atoms with Gasteiger partial charge in [0.05, 0.1) is 5.56 Å². The van der Waals surface area contributed by atoms with Crippen LogP contribution in [0.3, 0.4) is 0 Å². The number of hydrogen-bond acceptors (Lipinski definition) is 1. The molecule has 0 saturated carbocycles. The van der Waals surface area contributed by atoms with Crippen LogP contribution in [-0.2, 0) is 17.5 Å². The number of amides is 1. The zero-order valence-electron chi connectivity index (χ0n) is 13.9. The van der Waals surface area contributed by atoms with E-state index in [2.05, 4.69) is 9.88 Å². The van der Waals surface area contributed by atoms with Gasteiger partial charge in [0, 0.05) is 46.0 Å². The van der Waals surface area contributed by atoms with Crippen LogP contribution in [0.15, 0.2) is 48.7 Å². The lowest BCUT2D eigenvalue weighted by atomic mass is 10.0. The maximum absolute atomic E-state index is 12.9. The highest BCUT2D eigenvalue weighted by atomic mass is 19.4. The lowest BCUT2D eigenvalue weighted by molar-refractivity contribution is -0.137. The van der Waals surface area contributed by atoms with Gasteiger partial charge in [-0.1, -0.05) is 24.3 Å². The molecule has 0 atom stereocenters. The van der Waals surface area contributed by atoms with Gasteiger partial charge in [-0.15, -0.1) is 0 Å². The molecule has 1 aliphatic rings. The van der Waals surface area contributed by atoms with E-state index in [1.54, 1.807) is 6.08 Å². The first-order valence-corrected chi connectivity index (χ1v) is 8.21. The van der Waals surface area contributed by atoms with Gasteiger partial charge in [0.2, 0.25) is 0 Å².